The number of hydrogen-bond acceptors (Lipinski definition) is 5. The summed E-state index contributed by atoms with van der Waals surface area (Å²) in [5.41, 5.74) is 5.84. The first-order valence-corrected chi connectivity index (χ1v) is 7.54. The van der Waals surface area contributed by atoms with Gasteiger partial charge < -0.3 is 11.1 Å². The molecule has 0 saturated carbocycles. The van der Waals surface area contributed by atoms with E-state index >= 15 is 0 Å². The largest absolute Gasteiger partial charge is 0.383 e. The van der Waals surface area contributed by atoms with E-state index in [9.17, 15) is 4.79 Å². The minimum atomic E-state index is -0.321. The van der Waals surface area contributed by atoms with Gasteiger partial charge in [0.25, 0.3) is 5.91 Å². The molecule has 0 radical (unpaired) electrons. The summed E-state index contributed by atoms with van der Waals surface area (Å²) in [6.45, 7) is 9.79. The fraction of sp³-hybridized carbons (Fsp3) is 0.308. The van der Waals surface area contributed by atoms with Gasteiger partial charge in [-0.05, 0) is 41.6 Å². The van der Waals surface area contributed by atoms with E-state index in [1.54, 1.807) is 0 Å². The molecule has 20 heavy (non-hydrogen) atoms. The highest BCUT2D eigenvalue weighted by atomic mass is 79.9. The molecule has 5 nitrogen and oxygen atoms in total. The Balaban J connectivity index is 2.75. The van der Waals surface area contributed by atoms with Crippen molar-refractivity contribution in [3.63, 3.8) is 0 Å². The van der Waals surface area contributed by atoms with Crippen LogP contribution in [-0.2, 0) is 0 Å². The van der Waals surface area contributed by atoms with Crippen molar-refractivity contribution in [2.45, 2.75) is 26.8 Å². The highest BCUT2D eigenvalue weighted by Gasteiger charge is 2.18. The third-order valence-corrected chi connectivity index (χ3v) is 4.52. The van der Waals surface area contributed by atoms with Crippen LogP contribution in [0.2, 0.25) is 0 Å². The summed E-state index contributed by atoms with van der Waals surface area (Å²) in [6, 6.07) is -0.189. The fourth-order valence-corrected chi connectivity index (χ4v) is 2.39. The molecular weight excluding hydrogens is 340 g/mol. The minimum Gasteiger partial charge on any atom is -0.383 e. The van der Waals surface area contributed by atoms with Gasteiger partial charge in [-0.15, -0.1) is 0 Å². The van der Waals surface area contributed by atoms with Gasteiger partial charge in [-0.1, -0.05) is 24.4 Å². The van der Waals surface area contributed by atoms with Crippen molar-refractivity contribution in [2.24, 2.45) is 0 Å². The van der Waals surface area contributed by atoms with E-state index in [0.29, 0.717) is 4.47 Å². The number of carbonyl (C=O) groups excluding carboxylic acids is 1. The Kier molecular flexibility index (Phi) is 6.22. The molecule has 108 valence electrons. The molecule has 7 heteroatoms. The summed E-state index contributed by atoms with van der Waals surface area (Å²) < 4.78 is 0.396. The van der Waals surface area contributed by atoms with Crippen LogP contribution >= 0.6 is 27.7 Å². The van der Waals surface area contributed by atoms with Crippen LogP contribution < -0.4 is 11.1 Å². The van der Waals surface area contributed by atoms with Crippen LogP contribution in [0.5, 0.6) is 0 Å². The van der Waals surface area contributed by atoms with Crippen molar-refractivity contribution < 1.29 is 4.79 Å². The molecule has 1 heterocycles. The van der Waals surface area contributed by atoms with Gasteiger partial charge in [-0.25, -0.2) is 9.97 Å². The van der Waals surface area contributed by atoms with E-state index in [1.165, 1.54) is 18.1 Å². The average Bonchev–Trinajstić information content (AvgIpc) is 2.41. The van der Waals surface area contributed by atoms with Crippen molar-refractivity contribution in [3.05, 3.63) is 39.0 Å². The quantitative estimate of drug-likeness (QED) is 0.846. The number of anilines is 1. The lowest BCUT2D eigenvalue weighted by Gasteiger charge is -2.16. The van der Waals surface area contributed by atoms with Crippen molar-refractivity contribution in [3.8, 4) is 0 Å². The van der Waals surface area contributed by atoms with E-state index in [1.807, 2.05) is 26.8 Å². The Hall–Kier alpha value is -1.34. The van der Waals surface area contributed by atoms with Gasteiger partial charge in [0.05, 0.1) is 10.5 Å². The third kappa shape index (κ3) is 4.35. The van der Waals surface area contributed by atoms with Crippen LogP contribution in [0.25, 0.3) is 0 Å². The van der Waals surface area contributed by atoms with Crippen molar-refractivity contribution in [1.82, 2.24) is 15.3 Å². The van der Waals surface area contributed by atoms with Crippen LogP contribution in [-0.4, -0.2) is 21.9 Å². The predicted octanol–water partition coefficient (Wildman–Crippen LogP) is 3.11. The fourth-order valence-electron chi connectivity index (χ4n) is 1.24. The van der Waals surface area contributed by atoms with Gasteiger partial charge in [-0.2, -0.15) is 0 Å². The summed E-state index contributed by atoms with van der Waals surface area (Å²) in [5.74, 6) is -0.0888. The maximum absolute atomic E-state index is 12.1. The number of hydrogen-bond donors (Lipinski definition) is 2. The summed E-state index contributed by atoms with van der Waals surface area (Å²) in [6.07, 6.45) is 3.25. The zero-order valence-electron chi connectivity index (χ0n) is 11.6. The number of thioether (sulfide) groups is 1. The summed E-state index contributed by atoms with van der Waals surface area (Å²) in [7, 11) is 0. The van der Waals surface area contributed by atoms with Crippen molar-refractivity contribution >= 4 is 39.4 Å². The van der Waals surface area contributed by atoms with E-state index in [-0.39, 0.29) is 23.5 Å². The lowest BCUT2D eigenvalue weighted by Crippen LogP contribution is -2.34. The van der Waals surface area contributed by atoms with Gasteiger partial charge in [0.2, 0.25) is 0 Å². The molecule has 0 bridgehead atoms. The predicted molar refractivity (Wildman–Crippen MR) is 87.2 cm³/mol. The maximum Gasteiger partial charge on any atom is 0.271 e. The van der Waals surface area contributed by atoms with Crippen LogP contribution in [0.3, 0.4) is 0 Å². The molecule has 1 atom stereocenters. The zero-order valence-corrected chi connectivity index (χ0v) is 14.0. The lowest BCUT2D eigenvalue weighted by molar-refractivity contribution is 0.0940. The third-order valence-electron chi connectivity index (χ3n) is 2.56. The number of halogens is 1. The smallest absolute Gasteiger partial charge is 0.271 e. The highest BCUT2D eigenvalue weighted by Crippen LogP contribution is 2.26. The summed E-state index contributed by atoms with van der Waals surface area (Å²) in [4.78, 5) is 21.8. The highest BCUT2D eigenvalue weighted by molar-refractivity contribution is 9.10. The van der Waals surface area contributed by atoms with Gasteiger partial charge >= 0.3 is 0 Å². The number of nitrogens with one attached hydrogen (secondary N) is 1. The monoisotopic (exact) mass is 356 g/mol. The minimum absolute atomic E-state index is 0.189. The number of carbonyl (C=O) groups is 1. The van der Waals surface area contributed by atoms with E-state index in [2.05, 4.69) is 37.8 Å². The Labute approximate surface area is 131 Å². The molecule has 0 spiro atoms. The number of nitrogen functional groups attached to an aromatic ring is 1. The second-order valence-electron chi connectivity index (χ2n) is 4.08. The van der Waals surface area contributed by atoms with Crippen LogP contribution in [0.4, 0.5) is 5.82 Å². The number of rotatable bonds is 5. The second-order valence-corrected chi connectivity index (χ2v) is 6.25. The zero-order chi connectivity index (χ0) is 15.3. The molecule has 0 aliphatic rings. The van der Waals surface area contributed by atoms with Gasteiger partial charge in [0.15, 0.2) is 0 Å². The number of amides is 1. The molecule has 0 aromatic carbocycles. The number of allylic oxidation sites excluding steroid dienone is 2. The van der Waals surface area contributed by atoms with Crippen molar-refractivity contribution in [1.29, 1.82) is 0 Å². The van der Waals surface area contributed by atoms with Gasteiger partial charge in [-0.3, -0.25) is 4.79 Å². The number of aromatic nitrogens is 2. The molecule has 1 amide bonds. The first-order valence-electron chi connectivity index (χ1n) is 5.93. The summed E-state index contributed by atoms with van der Waals surface area (Å²) in [5, 5.41) is 2.83. The molecular formula is C13H17BrN4OS. The van der Waals surface area contributed by atoms with Gasteiger partial charge in [0, 0.05) is 4.91 Å². The van der Waals surface area contributed by atoms with Gasteiger partial charge in [0.1, 0.15) is 17.8 Å². The molecule has 0 fully saturated rings. The SMILES string of the molecule is C=C(S/C(C)=C\C)C(C)NC(=O)c1ncnc(N)c1Br. The standard InChI is InChI=1S/C13H17BrN4OS/c1-5-7(2)20-9(4)8(3)18-13(19)11-10(14)12(15)17-6-16-11/h5-6,8H,4H2,1-3H3,(H,18,19)(H2,15,16,17)/b7-5-. The Morgan fingerprint density at radius 3 is 2.85 bits per heavy atom. The van der Waals surface area contributed by atoms with E-state index in [4.69, 9.17) is 5.73 Å². The Morgan fingerprint density at radius 1 is 1.60 bits per heavy atom. The molecule has 1 aromatic heterocycles. The normalized spacial score (nSPS) is 12.9. The van der Waals surface area contributed by atoms with Crippen molar-refractivity contribution in [2.75, 3.05) is 5.73 Å². The molecule has 1 unspecified atom stereocenters. The maximum atomic E-state index is 12.1. The molecule has 0 aliphatic carbocycles. The topological polar surface area (TPSA) is 80.9 Å². The number of nitrogens with zero attached hydrogens (tertiary/aromatic N) is 2. The van der Waals surface area contributed by atoms with E-state index in [0.717, 1.165) is 9.81 Å². The Morgan fingerprint density at radius 2 is 2.25 bits per heavy atom. The van der Waals surface area contributed by atoms with Crippen LogP contribution in [0, 0.1) is 0 Å². The van der Waals surface area contributed by atoms with Crippen LogP contribution in [0.1, 0.15) is 31.3 Å². The average molecular weight is 357 g/mol. The molecule has 1 rings (SSSR count). The Bertz CT molecular complexity index is 559. The molecule has 1 aromatic rings. The second kappa shape index (κ2) is 7.44. The molecule has 0 aliphatic heterocycles. The number of nitrogens with two attached hydrogens (primary N) is 1. The van der Waals surface area contributed by atoms with Crippen LogP contribution in [0.15, 0.2) is 33.3 Å². The lowest BCUT2D eigenvalue weighted by atomic mass is 10.3. The summed E-state index contributed by atoms with van der Waals surface area (Å²) >= 11 is 4.75. The molecule has 3 N–H and O–H groups in total. The first kappa shape index (κ1) is 16.7. The molecule has 0 saturated heterocycles. The van der Waals surface area contributed by atoms with E-state index < -0.39 is 0 Å². The first-order chi connectivity index (χ1) is 9.36.